The number of ether oxygens (including phenoxy) is 2. The molecule has 1 fully saturated rings. The Balaban J connectivity index is 1.42. The Labute approximate surface area is 159 Å². The first kappa shape index (κ1) is 17.8. The molecule has 0 spiro atoms. The van der Waals surface area contributed by atoms with E-state index >= 15 is 0 Å². The molecule has 6 heteroatoms. The standard InChI is InChI=1S/C21H25N3O3/c1-26-20(25)12-18-7-9-22-21(23-18)24-10-8-16-11-19(6-5-17(16)13-24)27-14-15-3-2-4-15/h5-7,9,11,15H,2-4,8,10,12-14H2,1H3. The number of anilines is 1. The van der Waals surface area contributed by atoms with Crippen LogP contribution in [0.5, 0.6) is 5.75 Å². The van der Waals surface area contributed by atoms with Gasteiger partial charge >= 0.3 is 5.97 Å². The van der Waals surface area contributed by atoms with E-state index < -0.39 is 0 Å². The highest BCUT2D eigenvalue weighted by Crippen LogP contribution is 2.29. The van der Waals surface area contributed by atoms with Gasteiger partial charge in [0.1, 0.15) is 5.75 Å². The number of nitrogens with zero attached hydrogens (tertiary/aromatic N) is 3. The van der Waals surface area contributed by atoms with E-state index in [1.807, 2.05) is 0 Å². The Morgan fingerprint density at radius 2 is 2.15 bits per heavy atom. The van der Waals surface area contributed by atoms with Crippen molar-refractivity contribution in [2.24, 2.45) is 5.92 Å². The van der Waals surface area contributed by atoms with Crippen molar-refractivity contribution in [1.29, 1.82) is 0 Å². The predicted octanol–water partition coefficient (Wildman–Crippen LogP) is 2.93. The highest BCUT2D eigenvalue weighted by Gasteiger charge is 2.21. The minimum Gasteiger partial charge on any atom is -0.493 e. The minimum atomic E-state index is -0.293. The first-order valence-electron chi connectivity index (χ1n) is 9.59. The Kier molecular flexibility index (Phi) is 5.23. The second-order valence-corrected chi connectivity index (χ2v) is 7.31. The van der Waals surface area contributed by atoms with Crippen molar-refractivity contribution in [3.05, 3.63) is 47.3 Å². The van der Waals surface area contributed by atoms with Gasteiger partial charge in [0, 0.05) is 19.3 Å². The first-order valence-corrected chi connectivity index (χ1v) is 9.59. The zero-order valence-electron chi connectivity index (χ0n) is 15.7. The van der Waals surface area contributed by atoms with Gasteiger partial charge in [-0.3, -0.25) is 4.79 Å². The quantitative estimate of drug-likeness (QED) is 0.732. The zero-order valence-corrected chi connectivity index (χ0v) is 15.7. The van der Waals surface area contributed by atoms with Crippen LogP contribution in [0.3, 0.4) is 0 Å². The number of aromatic nitrogens is 2. The maximum atomic E-state index is 11.5. The number of benzene rings is 1. The van der Waals surface area contributed by atoms with Crippen LogP contribution in [0.15, 0.2) is 30.5 Å². The van der Waals surface area contributed by atoms with E-state index in [4.69, 9.17) is 9.47 Å². The number of esters is 1. The molecule has 0 atom stereocenters. The minimum absolute atomic E-state index is 0.165. The number of rotatable bonds is 6. The van der Waals surface area contributed by atoms with Gasteiger partial charge in [-0.2, -0.15) is 0 Å². The van der Waals surface area contributed by atoms with Crippen molar-refractivity contribution in [2.45, 2.75) is 38.6 Å². The van der Waals surface area contributed by atoms with Gasteiger partial charge < -0.3 is 14.4 Å². The second-order valence-electron chi connectivity index (χ2n) is 7.31. The van der Waals surface area contributed by atoms with Gasteiger partial charge in [0.25, 0.3) is 0 Å². The molecule has 1 saturated carbocycles. The molecule has 27 heavy (non-hydrogen) atoms. The lowest BCUT2D eigenvalue weighted by Crippen LogP contribution is -2.32. The highest BCUT2D eigenvalue weighted by molar-refractivity contribution is 5.71. The summed E-state index contributed by atoms with van der Waals surface area (Å²) in [5, 5.41) is 0. The lowest BCUT2D eigenvalue weighted by Gasteiger charge is -2.29. The van der Waals surface area contributed by atoms with Crippen LogP contribution >= 0.6 is 0 Å². The molecule has 2 aromatic rings. The molecular formula is C21H25N3O3. The fourth-order valence-electron chi connectivity index (χ4n) is 3.52. The fraction of sp³-hybridized carbons (Fsp3) is 0.476. The Morgan fingerprint density at radius 3 is 2.93 bits per heavy atom. The van der Waals surface area contributed by atoms with Gasteiger partial charge in [-0.15, -0.1) is 0 Å². The summed E-state index contributed by atoms with van der Waals surface area (Å²) in [6.45, 7) is 2.45. The Bertz CT molecular complexity index is 820. The molecule has 142 valence electrons. The molecule has 0 saturated heterocycles. The normalized spacial score (nSPS) is 16.4. The molecular weight excluding hydrogens is 342 g/mol. The smallest absolute Gasteiger partial charge is 0.311 e. The molecule has 0 N–H and O–H groups in total. The third-order valence-electron chi connectivity index (χ3n) is 5.44. The molecule has 0 radical (unpaired) electrons. The average molecular weight is 367 g/mol. The van der Waals surface area contributed by atoms with Crippen LogP contribution in [0, 0.1) is 5.92 Å². The van der Waals surface area contributed by atoms with Crippen LogP contribution in [0.25, 0.3) is 0 Å². The number of carbonyl (C=O) groups excluding carboxylic acids is 1. The largest absolute Gasteiger partial charge is 0.493 e. The molecule has 1 aromatic heterocycles. The molecule has 1 aromatic carbocycles. The van der Waals surface area contributed by atoms with Crippen molar-refractivity contribution in [3.8, 4) is 5.75 Å². The number of methoxy groups -OCH3 is 1. The summed E-state index contributed by atoms with van der Waals surface area (Å²) in [5.74, 6) is 2.08. The lowest BCUT2D eigenvalue weighted by molar-refractivity contribution is -0.139. The first-order chi connectivity index (χ1) is 13.2. The van der Waals surface area contributed by atoms with E-state index in [0.717, 1.165) is 37.8 Å². The van der Waals surface area contributed by atoms with Gasteiger partial charge in [0.15, 0.2) is 0 Å². The third-order valence-corrected chi connectivity index (χ3v) is 5.44. The van der Waals surface area contributed by atoms with Crippen molar-refractivity contribution < 1.29 is 14.3 Å². The number of hydrogen-bond donors (Lipinski definition) is 0. The molecule has 0 unspecified atom stereocenters. The maximum absolute atomic E-state index is 11.5. The highest BCUT2D eigenvalue weighted by atomic mass is 16.5. The average Bonchev–Trinajstić information content (AvgIpc) is 2.66. The summed E-state index contributed by atoms with van der Waals surface area (Å²) >= 11 is 0. The van der Waals surface area contributed by atoms with Gasteiger partial charge in [-0.05, 0) is 54.5 Å². The van der Waals surface area contributed by atoms with Crippen molar-refractivity contribution >= 4 is 11.9 Å². The number of fused-ring (bicyclic) bond motifs is 1. The molecule has 4 rings (SSSR count). The second kappa shape index (κ2) is 7.94. The molecule has 0 amide bonds. The van der Waals surface area contributed by atoms with E-state index in [2.05, 4.69) is 33.1 Å². The van der Waals surface area contributed by atoms with E-state index in [9.17, 15) is 4.79 Å². The molecule has 2 heterocycles. The van der Waals surface area contributed by atoms with Gasteiger partial charge in [-0.25, -0.2) is 9.97 Å². The van der Waals surface area contributed by atoms with E-state index in [1.54, 1.807) is 12.3 Å². The number of carbonyl (C=O) groups is 1. The fourth-order valence-corrected chi connectivity index (χ4v) is 3.52. The van der Waals surface area contributed by atoms with Crippen LogP contribution in [-0.2, 0) is 28.9 Å². The molecule has 0 bridgehead atoms. The van der Waals surface area contributed by atoms with E-state index in [-0.39, 0.29) is 12.4 Å². The van der Waals surface area contributed by atoms with Crippen molar-refractivity contribution in [1.82, 2.24) is 9.97 Å². The topological polar surface area (TPSA) is 64.5 Å². The van der Waals surface area contributed by atoms with E-state index in [0.29, 0.717) is 11.6 Å². The summed E-state index contributed by atoms with van der Waals surface area (Å²) in [5.41, 5.74) is 3.29. The van der Waals surface area contributed by atoms with Gasteiger partial charge in [-0.1, -0.05) is 12.5 Å². The molecule has 1 aliphatic heterocycles. The predicted molar refractivity (Wildman–Crippen MR) is 102 cm³/mol. The molecule has 2 aliphatic rings. The van der Waals surface area contributed by atoms with Crippen LogP contribution in [0.4, 0.5) is 5.95 Å². The van der Waals surface area contributed by atoms with Crippen molar-refractivity contribution in [3.63, 3.8) is 0 Å². The summed E-state index contributed by atoms with van der Waals surface area (Å²) < 4.78 is 10.7. The van der Waals surface area contributed by atoms with Crippen LogP contribution < -0.4 is 9.64 Å². The summed E-state index contributed by atoms with van der Waals surface area (Å²) in [4.78, 5) is 22.5. The van der Waals surface area contributed by atoms with E-state index in [1.165, 1.54) is 37.5 Å². The lowest BCUT2D eigenvalue weighted by atomic mass is 9.86. The summed E-state index contributed by atoms with van der Waals surface area (Å²) in [6.07, 6.45) is 6.74. The Hall–Kier alpha value is -2.63. The summed E-state index contributed by atoms with van der Waals surface area (Å²) in [6, 6.07) is 8.15. The zero-order chi connectivity index (χ0) is 18.6. The maximum Gasteiger partial charge on any atom is 0.311 e. The monoisotopic (exact) mass is 367 g/mol. The van der Waals surface area contributed by atoms with Gasteiger partial charge in [0.05, 0.1) is 25.8 Å². The van der Waals surface area contributed by atoms with Crippen LogP contribution in [0.2, 0.25) is 0 Å². The van der Waals surface area contributed by atoms with Gasteiger partial charge in [0.2, 0.25) is 5.95 Å². The molecule has 1 aliphatic carbocycles. The van der Waals surface area contributed by atoms with Crippen LogP contribution in [0.1, 0.15) is 36.1 Å². The molecule has 6 nitrogen and oxygen atoms in total. The summed E-state index contributed by atoms with van der Waals surface area (Å²) in [7, 11) is 1.39. The SMILES string of the molecule is COC(=O)Cc1ccnc(N2CCc3cc(OCC4CCC4)ccc3C2)n1. The Morgan fingerprint density at radius 1 is 1.26 bits per heavy atom. The van der Waals surface area contributed by atoms with Crippen molar-refractivity contribution in [2.75, 3.05) is 25.2 Å². The number of hydrogen-bond acceptors (Lipinski definition) is 6. The third kappa shape index (κ3) is 4.21. The van der Waals surface area contributed by atoms with Crippen LogP contribution in [-0.4, -0.2) is 36.2 Å².